The molecule has 0 aliphatic carbocycles. The van der Waals surface area contributed by atoms with E-state index in [9.17, 15) is 20.0 Å². The van der Waals surface area contributed by atoms with Crippen LogP contribution in [0, 0.1) is 10.1 Å². The lowest BCUT2D eigenvalue weighted by molar-refractivity contribution is -0.385. The number of carbonyl (C=O) groups excluding carboxylic acids is 1. The minimum Gasteiger partial charge on any atom is -0.450 e. The van der Waals surface area contributed by atoms with E-state index in [0.717, 1.165) is 0 Å². The molecule has 0 saturated carbocycles. The Morgan fingerprint density at radius 2 is 1.96 bits per heavy atom. The van der Waals surface area contributed by atoms with Crippen LogP contribution in [0.25, 0.3) is 0 Å². The van der Waals surface area contributed by atoms with Gasteiger partial charge in [-0.1, -0.05) is 6.07 Å². The third kappa shape index (κ3) is 3.88. The van der Waals surface area contributed by atoms with Gasteiger partial charge in [0.1, 0.15) is 5.75 Å². The Balaban J connectivity index is 2.40. The van der Waals surface area contributed by atoms with Crippen molar-refractivity contribution < 1.29 is 19.6 Å². The summed E-state index contributed by atoms with van der Waals surface area (Å²) in [6.45, 7) is 1.56. The number of rotatable bonds is 5. The minimum absolute atomic E-state index is 0.00727. The predicted octanol–water partition coefficient (Wildman–Crippen LogP) is 3.14. The number of hydrogen-bond acceptors (Lipinski definition) is 5. The Bertz CT molecular complexity index is 771. The van der Waals surface area contributed by atoms with E-state index in [0.29, 0.717) is 16.9 Å². The van der Waals surface area contributed by atoms with Crippen LogP contribution >= 0.6 is 0 Å². The maximum absolute atomic E-state index is 12.0. The van der Waals surface area contributed by atoms with Crippen molar-refractivity contribution in [3.8, 4) is 11.5 Å². The molecule has 1 N–H and O–H groups in total. The predicted molar refractivity (Wildman–Crippen MR) is 88.3 cm³/mol. The zero-order chi connectivity index (χ0) is 17.9. The number of ether oxygens (including phenoxy) is 1. The summed E-state index contributed by atoms with van der Waals surface area (Å²) < 4.78 is 5.61. The number of nitro benzene ring substituents is 1. The number of carbonyl (C=O) groups is 1. The number of benzene rings is 2. The van der Waals surface area contributed by atoms with Crippen molar-refractivity contribution in [1.29, 1.82) is 0 Å². The molecule has 2 aromatic carbocycles. The Hall–Kier alpha value is -2.93. The van der Waals surface area contributed by atoms with Crippen LogP contribution < -0.4 is 4.74 Å². The quantitative estimate of drug-likeness (QED) is 0.671. The van der Waals surface area contributed by atoms with Crippen LogP contribution in [0.5, 0.6) is 11.5 Å². The molecule has 2 rings (SSSR count). The fourth-order valence-corrected chi connectivity index (χ4v) is 2.10. The molecule has 2 aromatic rings. The van der Waals surface area contributed by atoms with Crippen LogP contribution in [-0.2, 0) is 0 Å². The third-order valence-electron chi connectivity index (χ3n) is 3.38. The van der Waals surface area contributed by atoms with Crippen molar-refractivity contribution in [1.82, 2.24) is 4.90 Å². The Morgan fingerprint density at radius 1 is 1.25 bits per heavy atom. The summed E-state index contributed by atoms with van der Waals surface area (Å²) in [6, 6.07) is 10.6. The lowest BCUT2D eigenvalue weighted by atomic mass is 10.1. The van der Waals surface area contributed by atoms with Gasteiger partial charge < -0.3 is 14.7 Å². The highest BCUT2D eigenvalue weighted by atomic mass is 16.6. The van der Waals surface area contributed by atoms with Crippen LogP contribution in [0.4, 0.5) is 5.69 Å². The summed E-state index contributed by atoms with van der Waals surface area (Å²) in [5.41, 5.74) is 0.687. The minimum atomic E-state index is -0.783. The van der Waals surface area contributed by atoms with Gasteiger partial charge in [0.2, 0.25) is 5.75 Å². The van der Waals surface area contributed by atoms with Gasteiger partial charge in [-0.3, -0.25) is 14.9 Å². The Morgan fingerprint density at radius 3 is 2.54 bits per heavy atom. The van der Waals surface area contributed by atoms with E-state index in [1.165, 1.54) is 29.2 Å². The van der Waals surface area contributed by atoms with Gasteiger partial charge in [0.05, 0.1) is 11.0 Å². The van der Waals surface area contributed by atoms with Crippen molar-refractivity contribution >= 4 is 11.6 Å². The van der Waals surface area contributed by atoms with E-state index < -0.39 is 11.0 Å². The molecular weight excluding hydrogens is 312 g/mol. The number of hydrogen-bond donors (Lipinski definition) is 1. The molecule has 0 spiro atoms. The standard InChI is InChI=1S/C17H18N2O5/c1-11(20)12-7-8-15(19(22)23)16(10-12)24-14-6-4-5-13(9-14)17(21)18(2)3/h4-11,20H,1-3H3/t11-/m0/s1. The van der Waals surface area contributed by atoms with Crippen molar-refractivity contribution in [2.45, 2.75) is 13.0 Å². The van der Waals surface area contributed by atoms with E-state index in [-0.39, 0.29) is 17.3 Å². The van der Waals surface area contributed by atoms with Gasteiger partial charge in [0, 0.05) is 25.7 Å². The fourth-order valence-electron chi connectivity index (χ4n) is 2.10. The molecule has 0 fully saturated rings. The fraction of sp³-hybridized carbons (Fsp3) is 0.235. The Kier molecular flexibility index (Phi) is 5.15. The van der Waals surface area contributed by atoms with Gasteiger partial charge in [-0.2, -0.15) is 0 Å². The SMILES string of the molecule is C[C@H](O)c1ccc([N+](=O)[O-])c(Oc2cccc(C(=O)N(C)C)c2)c1. The molecule has 0 saturated heterocycles. The molecular formula is C17H18N2O5. The number of aliphatic hydroxyl groups is 1. The maximum atomic E-state index is 12.0. The van der Waals surface area contributed by atoms with E-state index in [4.69, 9.17) is 4.74 Å². The zero-order valence-corrected chi connectivity index (χ0v) is 13.6. The number of nitro groups is 1. The van der Waals surface area contributed by atoms with Gasteiger partial charge >= 0.3 is 5.69 Å². The highest BCUT2D eigenvalue weighted by molar-refractivity contribution is 5.94. The van der Waals surface area contributed by atoms with E-state index in [2.05, 4.69) is 0 Å². The molecule has 0 bridgehead atoms. The molecule has 0 aliphatic heterocycles. The smallest absolute Gasteiger partial charge is 0.311 e. The second-order valence-corrected chi connectivity index (χ2v) is 5.49. The van der Waals surface area contributed by atoms with E-state index >= 15 is 0 Å². The lowest BCUT2D eigenvalue weighted by Gasteiger charge is -2.13. The lowest BCUT2D eigenvalue weighted by Crippen LogP contribution is -2.21. The van der Waals surface area contributed by atoms with Crippen LogP contribution in [0.15, 0.2) is 42.5 Å². The topological polar surface area (TPSA) is 92.9 Å². The number of amides is 1. The molecule has 1 amide bonds. The van der Waals surface area contributed by atoms with Gasteiger partial charge in [-0.25, -0.2) is 0 Å². The first kappa shape index (κ1) is 17.4. The zero-order valence-electron chi connectivity index (χ0n) is 13.6. The van der Waals surface area contributed by atoms with Crippen molar-refractivity contribution in [3.63, 3.8) is 0 Å². The van der Waals surface area contributed by atoms with Crippen LogP contribution in [0.1, 0.15) is 28.9 Å². The summed E-state index contributed by atoms with van der Waals surface area (Å²) in [7, 11) is 3.26. The second-order valence-electron chi connectivity index (χ2n) is 5.49. The largest absolute Gasteiger partial charge is 0.450 e. The molecule has 24 heavy (non-hydrogen) atoms. The molecule has 7 heteroatoms. The molecule has 0 radical (unpaired) electrons. The van der Waals surface area contributed by atoms with Gasteiger partial charge in [-0.15, -0.1) is 0 Å². The maximum Gasteiger partial charge on any atom is 0.311 e. The van der Waals surface area contributed by atoms with Crippen molar-refractivity contribution in [2.24, 2.45) is 0 Å². The molecule has 126 valence electrons. The summed E-state index contributed by atoms with van der Waals surface area (Å²) in [5, 5.41) is 20.8. The second kappa shape index (κ2) is 7.10. The van der Waals surface area contributed by atoms with Crippen LogP contribution in [-0.4, -0.2) is 34.9 Å². The third-order valence-corrected chi connectivity index (χ3v) is 3.38. The van der Waals surface area contributed by atoms with Gasteiger partial charge in [0.15, 0.2) is 0 Å². The van der Waals surface area contributed by atoms with E-state index in [1.807, 2.05) is 0 Å². The van der Waals surface area contributed by atoms with Crippen molar-refractivity contribution in [2.75, 3.05) is 14.1 Å². The highest BCUT2D eigenvalue weighted by Crippen LogP contribution is 2.34. The van der Waals surface area contributed by atoms with Crippen LogP contribution in [0.2, 0.25) is 0 Å². The first-order valence-corrected chi connectivity index (χ1v) is 7.25. The molecule has 0 aromatic heterocycles. The normalized spacial score (nSPS) is 11.7. The summed E-state index contributed by atoms with van der Waals surface area (Å²) in [4.78, 5) is 24.0. The summed E-state index contributed by atoms with van der Waals surface area (Å²) in [6.07, 6.45) is -0.783. The molecule has 0 heterocycles. The first-order valence-electron chi connectivity index (χ1n) is 7.25. The molecule has 1 atom stereocenters. The molecule has 0 aliphatic rings. The summed E-state index contributed by atoms with van der Waals surface area (Å²) >= 11 is 0. The highest BCUT2D eigenvalue weighted by Gasteiger charge is 2.18. The Labute approximate surface area is 139 Å². The molecule has 7 nitrogen and oxygen atoms in total. The van der Waals surface area contributed by atoms with Crippen molar-refractivity contribution in [3.05, 3.63) is 63.7 Å². The van der Waals surface area contributed by atoms with Crippen LogP contribution in [0.3, 0.4) is 0 Å². The van der Waals surface area contributed by atoms with E-state index in [1.54, 1.807) is 39.2 Å². The average Bonchev–Trinajstić information content (AvgIpc) is 2.53. The van der Waals surface area contributed by atoms with Gasteiger partial charge in [-0.05, 0) is 42.8 Å². The average molecular weight is 330 g/mol. The molecule has 0 unspecified atom stereocenters. The number of nitrogens with zero attached hydrogens (tertiary/aromatic N) is 2. The monoisotopic (exact) mass is 330 g/mol. The van der Waals surface area contributed by atoms with Gasteiger partial charge in [0.25, 0.3) is 5.91 Å². The summed E-state index contributed by atoms with van der Waals surface area (Å²) in [5.74, 6) is 0.106. The first-order chi connectivity index (χ1) is 11.3. The number of aliphatic hydroxyl groups excluding tert-OH is 1.